The van der Waals surface area contributed by atoms with E-state index in [4.69, 9.17) is 0 Å². The van der Waals surface area contributed by atoms with Gasteiger partial charge in [0, 0.05) is 32.1 Å². The number of piperidine rings is 1. The molecule has 1 saturated heterocycles. The molecule has 0 radical (unpaired) electrons. The molecule has 23 heavy (non-hydrogen) atoms. The quantitative estimate of drug-likeness (QED) is 0.572. The lowest BCUT2D eigenvalue weighted by Gasteiger charge is -2.25. The molecule has 1 fully saturated rings. The normalized spacial score (nSPS) is 18.5. The summed E-state index contributed by atoms with van der Waals surface area (Å²) in [5, 5.41) is 9.58. The maximum absolute atomic E-state index is 11.2. The molecule has 0 spiro atoms. The molecule has 0 bridgehead atoms. The van der Waals surface area contributed by atoms with Gasteiger partial charge in [0.2, 0.25) is 5.91 Å². The summed E-state index contributed by atoms with van der Waals surface area (Å²) in [6.45, 7) is 8.56. The van der Waals surface area contributed by atoms with Crippen LogP contribution in [0.5, 0.6) is 0 Å². The zero-order valence-corrected chi connectivity index (χ0v) is 14.4. The molecule has 0 aliphatic carbocycles. The van der Waals surface area contributed by atoms with E-state index in [1.54, 1.807) is 0 Å². The molecule has 1 aliphatic rings. The first-order valence-corrected chi connectivity index (χ1v) is 8.45. The standard InChI is InChI=1S/C18H28N4O/c1-4-19-18(22-16-5-6-17(23)21-12-16)20-8-7-15-10-13(2)9-14(3)11-15/h9-11,16H,4-8,12H2,1-3H3,(H,21,23)(H2,19,20,22). The summed E-state index contributed by atoms with van der Waals surface area (Å²) in [7, 11) is 0. The predicted octanol–water partition coefficient (Wildman–Crippen LogP) is 1.68. The Morgan fingerprint density at radius 3 is 2.65 bits per heavy atom. The molecule has 0 saturated carbocycles. The Bertz CT molecular complexity index is 538. The molecule has 1 aromatic carbocycles. The van der Waals surface area contributed by atoms with Gasteiger partial charge >= 0.3 is 0 Å². The third-order valence-electron chi connectivity index (χ3n) is 3.90. The van der Waals surface area contributed by atoms with Gasteiger partial charge in [-0.2, -0.15) is 0 Å². The highest BCUT2D eigenvalue weighted by Crippen LogP contribution is 2.09. The van der Waals surface area contributed by atoms with E-state index in [-0.39, 0.29) is 11.9 Å². The zero-order chi connectivity index (χ0) is 16.7. The first-order valence-electron chi connectivity index (χ1n) is 8.45. The van der Waals surface area contributed by atoms with E-state index in [0.717, 1.165) is 31.9 Å². The van der Waals surface area contributed by atoms with Crippen LogP contribution in [0.3, 0.4) is 0 Å². The lowest BCUT2D eigenvalue weighted by molar-refractivity contribution is -0.122. The summed E-state index contributed by atoms with van der Waals surface area (Å²) in [6.07, 6.45) is 2.37. The average molecular weight is 316 g/mol. The van der Waals surface area contributed by atoms with E-state index < -0.39 is 0 Å². The Morgan fingerprint density at radius 2 is 2.04 bits per heavy atom. The minimum Gasteiger partial charge on any atom is -0.357 e. The van der Waals surface area contributed by atoms with E-state index in [1.807, 2.05) is 0 Å². The Kier molecular flexibility index (Phi) is 6.44. The number of amides is 1. The second-order valence-corrected chi connectivity index (χ2v) is 6.19. The number of nitrogens with zero attached hydrogens (tertiary/aromatic N) is 1. The highest BCUT2D eigenvalue weighted by Gasteiger charge is 2.18. The molecule has 5 nitrogen and oxygen atoms in total. The van der Waals surface area contributed by atoms with Gasteiger partial charge in [-0.05, 0) is 39.2 Å². The summed E-state index contributed by atoms with van der Waals surface area (Å²) in [5.74, 6) is 0.970. The molecule has 5 heteroatoms. The smallest absolute Gasteiger partial charge is 0.220 e. The third-order valence-corrected chi connectivity index (χ3v) is 3.90. The number of hydrogen-bond acceptors (Lipinski definition) is 2. The van der Waals surface area contributed by atoms with Crippen LogP contribution in [-0.2, 0) is 11.2 Å². The van der Waals surface area contributed by atoms with E-state index >= 15 is 0 Å². The number of benzene rings is 1. The van der Waals surface area contributed by atoms with Gasteiger partial charge < -0.3 is 16.0 Å². The highest BCUT2D eigenvalue weighted by molar-refractivity contribution is 5.81. The topological polar surface area (TPSA) is 65.5 Å². The van der Waals surface area contributed by atoms with Gasteiger partial charge in [0.1, 0.15) is 0 Å². The third kappa shape index (κ3) is 5.93. The molecule has 1 heterocycles. The Balaban J connectivity index is 1.89. The maximum Gasteiger partial charge on any atom is 0.220 e. The van der Waals surface area contributed by atoms with Crippen molar-refractivity contribution in [2.45, 2.75) is 46.1 Å². The molecular weight excluding hydrogens is 288 g/mol. The number of aliphatic imine (C=N–C) groups is 1. The fraction of sp³-hybridized carbons (Fsp3) is 0.556. The summed E-state index contributed by atoms with van der Waals surface area (Å²) in [4.78, 5) is 15.9. The first-order chi connectivity index (χ1) is 11.1. The number of rotatable bonds is 5. The molecule has 2 rings (SSSR count). The fourth-order valence-electron chi connectivity index (χ4n) is 2.88. The van der Waals surface area contributed by atoms with Crippen molar-refractivity contribution < 1.29 is 4.79 Å². The van der Waals surface area contributed by atoms with Crippen LogP contribution >= 0.6 is 0 Å². The van der Waals surface area contributed by atoms with Gasteiger partial charge in [-0.15, -0.1) is 0 Å². The summed E-state index contributed by atoms with van der Waals surface area (Å²) in [6, 6.07) is 6.89. The monoisotopic (exact) mass is 316 g/mol. The number of nitrogens with one attached hydrogen (secondary N) is 3. The number of hydrogen-bond donors (Lipinski definition) is 3. The molecule has 1 aliphatic heterocycles. The molecule has 0 aromatic heterocycles. The maximum atomic E-state index is 11.2. The van der Waals surface area contributed by atoms with E-state index in [9.17, 15) is 4.79 Å². The van der Waals surface area contributed by atoms with Crippen LogP contribution in [-0.4, -0.2) is 37.5 Å². The van der Waals surface area contributed by atoms with Gasteiger partial charge in [0.15, 0.2) is 5.96 Å². The number of carbonyl (C=O) groups is 1. The zero-order valence-electron chi connectivity index (χ0n) is 14.4. The van der Waals surface area contributed by atoms with Crippen LogP contribution in [0.1, 0.15) is 36.5 Å². The molecule has 1 aromatic rings. The minimum absolute atomic E-state index is 0.139. The van der Waals surface area contributed by atoms with Crippen molar-refractivity contribution in [3.63, 3.8) is 0 Å². The predicted molar refractivity (Wildman–Crippen MR) is 94.8 cm³/mol. The van der Waals surface area contributed by atoms with Crippen molar-refractivity contribution >= 4 is 11.9 Å². The van der Waals surface area contributed by atoms with Crippen molar-refractivity contribution in [1.29, 1.82) is 0 Å². The second-order valence-electron chi connectivity index (χ2n) is 6.19. The van der Waals surface area contributed by atoms with Crippen LogP contribution in [0.25, 0.3) is 0 Å². The van der Waals surface area contributed by atoms with Gasteiger partial charge in [0.25, 0.3) is 0 Å². The Morgan fingerprint density at radius 1 is 1.30 bits per heavy atom. The fourth-order valence-corrected chi connectivity index (χ4v) is 2.88. The van der Waals surface area contributed by atoms with Gasteiger partial charge in [0.05, 0.1) is 0 Å². The van der Waals surface area contributed by atoms with Crippen LogP contribution in [0.2, 0.25) is 0 Å². The largest absolute Gasteiger partial charge is 0.357 e. The van der Waals surface area contributed by atoms with Crippen LogP contribution < -0.4 is 16.0 Å². The lowest BCUT2D eigenvalue weighted by atomic mass is 10.1. The Hall–Kier alpha value is -2.04. The molecule has 3 N–H and O–H groups in total. The van der Waals surface area contributed by atoms with Gasteiger partial charge in [-0.3, -0.25) is 9.79 Å². The molecule has 126 valence electrons. The van der Waals surface area contributed by atoms with E-state index in [1.165, 1.54) is 16.7 Å². The second kappa shape index (κ2) is 8.56. The first kappa shape index (κ1) is 17.3. The minimum atomic E-state index is 0.139. The molecular formula is C18H28N4O. The van der Waals surface area contributed by atoms with Crippen molar-refractivity contribution in [2.24, 2.45) is 4.99 Å². The Labute approximate surface area is 139 Å². The number of guanidine groups is 1. The van der Waals surface area contributed by atoms with Crippen molar-refractivity contribution in [2.75, 3.05) is 19.6 Å². The van der Waals surface area contributed by atoms with Crippen LogP contribution in [0.4, 0.5) is 0 Å². The SMILES string of the molecule is CCNC(=NCCc1cc(C)cc(C)c1)NC1CCC(=O)NC1. The van der Waals surface area contributed by atoms with Gasteiger partial charge in [-0.25, -0.2) is 0 Å². The van der Waals surface area contributed by atoms with E-state index in [2.05, 4.69) is 59.9 Å². The molecule has 1 unspecified atom stereocenters. The van der Waals surface area contributed by atoms with Gasteiger partial charge in [-0.1, -0.05) is 29.3 Å². The number of carbonyl (C=O) groups excluding carboxylic acids is 1. The van der Waals surface area contributed by atoms with Crippen LogP contribution in [0.15, 0.2) is 23.2 Å². The van der Waals surface area contributed by atoms with Crippen molar-refractivity contribution in [1.82, 2.24) is 16.0 Å². The molecule has 1 amide bonds. The highest BCUT2D eigenvalue weighted by atomic mass is 16.1. The van der Waals surface area contributed by atoms with Crippen molar-refractivity contribution in [3.8, 4) is 0 Å². The summed E-state index contributed by atoms with van der Waals surface area (Å²) >= 11 is 0. The molecule has 1 atom stereocenters. The summed E-state index contributed by atoms with van der Waals surface area (Å²) < 4.78 is 0. The lowest BCUT2D eigenvalue weighted by Crippen LogP contribution is -2.51. The average Bonchev–Trinajstić information content (AvgIpc) is 2.49. The summed E-state index contributed by atoms with van der Waals surface area (Å²) in [5.41, 5.74) is 3.92. The van der Waals surface area contributed by atoms with Crippen molar-refractivity contribution in [3.05, 3.63) is 34.9 Å². The number of aryl methyl sites for hydroxylation is 2. The van der Waals surface area contributed by atoms with Crippen LogP contribution in [0, 0.1) is 13.8 Å². The van der Waals surface area contributed by atoms with E-state index in [0.29, 0.717) is 13.0 Å².